The summed E-state index contributed by atoms with van der Waals surface area (Å²) >= 11 is 0. The predicted octanol–water partition coefficient (Wildman–Crippen LogP) is 2.57. The molecule has 2 aromatic heterocycles. The van der Waals surface area contributed by atoms with E-state index in [2.05, 4.69) is 39.7 Å². The Morgan fingerprint density at radius 2 is 1.95 bits per heavy atom. The van der Waals surface area contributed by atoms with Gasteiger partial charge in [-0.3, -0.25) is 9.67 Å². The average molecular weight is 266 g/mol. The van der Waals surface area contributed by atoms with Crippen LogP contribution in [-0.4, -0.2) is 14.8 Å². The molecule has 3 aromatic rings. The summed E-state index contributed by atoms with van der Waals surface area (Å²) in [5.41, 5.74) is 4.49. The van der Waals surface area contributed by atoms with Gasteiger partial charge in [-0.15, -0.1) is 0 Å². The Morgan fingerprint density at radius 3 is 2.75 bits per heavy atom. The van der Waals surface area contributed by atoms with Crippen LogP contribution < -0.4 is 5.32 Å². The molecule has 4 nitrogen and oxygen atoms in total. The molecule has 20 heavy (non-hydrogen) atoms. The molecule has 0 amide bonds. The quantitative estimate of drug-likeness (QED) is 0.789. The number of para-hydroxylation sites is 1. The minimum Gasteiger partial charge on any atom is -0.307 e. The van der Waals surface area contributed by atoms with Crippen LogP contribution in [0.15, 0.2) is 42.6 Å². The maximum Gasteiger partial charge on any atom is 0.0841 e. The summed E-state index contributed by atoms with van der Waals surface area (Å²) in [5.74, 6) is 0. The van der Waals surface area contributed by atoms with Gasteiger partial charge >= 0.3 is 0 Å². The number of pyridine rings is 1. The summed E-state index contributed by atoms with van der Waals surface area (Å²) in [6.45, 7) is 3.56. The van der Waals surface area contributed by atoms with Gasteiger partial charge < -0.3 is 5.32 Å². The molecule has 1 aromatic carbocycles. The molecule has 0 saturated carbocycles. The first-order valence-corrected chi connectivity index (χ1v) is 6.77. The summed E-state index contributed by atoms with van der Waals surface area (Å²) in [4.78, 5) is 4.30. The smallest absolute Gasteiger partial charge is 0.0841 e. The van der Waals surface area contributed by atoms with E-state index >= 15 is 0 Å². The molecule has 0 radical (unpaired) electrons. The molecule has 102 valence electrons. The molecule has 0 aliphatic carbocycles. The molecule has 0 fully saturated rings. The first kappa shape index (κ1) is 12.8. The number of rotatable bonds is 4. The number of benzene rings is 1. The van der Waals surface area contributed by atoms with E-state index in [1.54, 1.807) is 0 Å². The first-order chi connectivity index (χ1) is 9.74. The lowest BCUT2D eigenvalue weighted by molar-refractivity contribution is 0.660. The lowest BCUT2D eigenvalue weighted by atomic mass is 10.2. The van der Waals surface area contributed by atoms with Crippen LogP contribution in [-0.2, 0) is 20.1 Å². The van der Waals surface area contributed by atoms with Gasteiger partial charge in [0.15, 0.2) is 0 Å². The number of fused-ring (bicyclic) bond motifs is 1. The van der Waals surface area contributed by atoms with Crippen LogP contribution in [0.3, 0.4) is 0 Å². The zero-order valence-electron chi connectivity index (χ0n) is 11.8. The van der Waals surface area contributed by atoms with Gasteiger partial charge in [-0.25, -0.2) is 0 Å². The number of nitrogens with zero attached hydrogens (tertiary/aromatic N) is 3. The average Bonchev–Trinajstić information content (AvgIpc) is 2.79. The first-order valence-electron chi connectivity index (χ1n) is 6.77. The van der Waals surface area contributed by atoms with Crippen LogP contribution in [0.25, 0.3) is 10.9 Å². The van der Waals surface area contributed by atoms with Crippen LogP contribution in [0.2, 0.25) is 0 Å². The van der Waals surface area contributed by atoms with Crippen molar-refractivity contribution in [3.8, 4) is 0 Å². The zero-order chi connectivity index (χ0) is 13.9. The van der Waals surface area contributed by atoms with E-state index < -0.39 is 0 Å². The molecule has 2 heterocycles. The number of hydrogen-bond donors (Lipinski definition) is 1. The minimum absolute atomic E-state index is 0.759. The van der Waals surface area contributed by atoms with E-state index in [0.29, 0.717) is 0 Å². The standard InChI is InChI=1S/C16H18N4/c1-12-7-8-13(10-18-12)9-17-11-15-14-5-3-4-6-16(14)20(2)19-15/h3-8,10,17H,9,11H2,1-2H3. The highest BCUT2D eigenvalue weighted by Gasteiger charge is 2.06. The van der Waals surface area contributed by atoms with Crippen LogP contribution >= 0.6 is 0 Å². The maximum atomic E-state index is 4.57. The van der Waals surface area contributed by atoms with E-state index in [4.69, 9.17) is 0 Å². The van der Waals surface area contributed by atoms with Gasteiger partial charge in [0.1, 0.15) is 0 Å². The summed E-state index contributed by atoms with van der Waals surface area (Å²) < 4.78 is 1.93. The largest absolute Gasteiger partial charge is 0.307 e. The Hall–Kier alpha value is -2.20. The molecule has 0 unspecified atom stereocenters. The highest BCUT2D eigenvalue weighted by atomic mass is 15.3. The topological polar surface area (TPSA) is 42.7 Å². The Kier molecular flexibility index (Phi) is 3.48. The molecule has 0 saturated heterocycles. The molecule has 3 rings (SSSR count). The van der Waals surface area contributed by atoms with E-state index in [1.165, 1.54) is 16.5 Å². The molecular formula is C16H18N4. The second-order valence-corrected chi connectivity index (χ2v) is 5.00. The van der Waals surface area contributed by atoms with Gasteiger partial charge in [-0.1, -0.05) is 24.3 Å². The van der Waals surface area contributed by atoms with Crippen molar-refractivity contribution in [3.05, 3.63) is 59.5 Å². The van der Waals surface area contributed by atoms with Gasteiger partial charge in [0.2, 0.25) is 0 Å². The van der Waals surface area contributed by atoms with Crippen molar-refractivity contribution in [2.24, 2.45) is 7.05 Å². The predicted molar refractivity (Wildman–Crippen MR) is 80.2 cm³/mol. The van der Waals surface area contributed by atoms with E-state index in [9.17, 15) is 0 Å². The fraction of sp³-hybridized carbons (Fsp3) is 0.250. The normalized spacial score (nSPS) is 11.1. The molecule has 0 aliphatic rings. The Balaban J connectivity index is 1.70. The summed E-state index contributed by atoms with van der Waals surface area (Å²) in [5, 5.41) is 9.21. The number of nitrogens with one attached hydrogen (secondary N) is 1. The summed E-state index contributed by atoms with van der Waals surface area (Å²) in [6, 6.07) is 12.4. The van der Waals surface area contributed by atoms with Gasteiger partial charge in [-0.2, -0.15) is 5.10 Å². The van der Waals surface area contributed by atoms with Gasteiger partial charge in [0.05, 0.1) is 11.2 Å². The third-order valence-electron chi connectivity index (χ3n) is 3.43. The summed E-state index contributed by atoms with van der Waals surface area (Å²) in [7, 11) is 1.98. The fourth-order valence-corrected chi connectivity index (χ4v) is 2.35. The molecule has 0 aliphatic heterocycles. The van der Waals surface area contributed by atoms with Gasteiger partial charge in [0, 0.05) is 37.4 Å². The Labute approximate surface area is 118 Å². The van der Waals surface area contributed by atoms with Crippen molar-refractivity contribution in [1.29, 1.82) is 0 Å². The van der Waals surface area contributed by atoms with E-state index in [-0.39, 0.29) is 0 Å². The van der Waals surface area contributed by atoms with E-state index in [0.717, 1.165) is 24.5 Å². The number of hydrogen-bond acceptors (Lipinski definition) is 3. The van der Waals surface area contributed by atoms with Crippen molar-refractivity contribution >= 4 is 10.9 Å². The molecule has 4 heteroatoms. The minimum atomic E-state index is 0.759. The van der Waals surface area contributed by atoms with Crippen molar-refractivity contribution in [2.75, 3.05) is 0 Å². The van der Waals surface area contributed by atoms with Crippen molar-refractivity contribution in [2.45, 2.75) is 20.0 Å². The lowest BCUT2D eigenvalue weighted by Gasteiger charge is -2.03. The van der Waals surface area contributed by atoms with Crippen LogP contribution in [0.5, 0.6) is 0 Å². The van der Waals surface area contributed by atoms with Crippen molar-refractivity contribution in [3.63, 3.8) is 0 Å². The van der Waals surface area contributed by atoms with Crippen LogP contribution in [0, 0.1) is 6.92 Å². The SMILES string of the molecule is Cc1ccc(CNCc2nn(C)c3ccccc23)cn1. The fourth-order valence-electron chi connectivity index (χ4n) is 2.35. The second-order valence-electron chi connectivity index (χ2n) is 5.00. The molecule has 0 spiro atoms. The van der Waals surface area contributed by atoms with Gasteiger partial charge in [-0.05, 0) is 24.6 Å². The Morgan fingerprint density at radius 1 is 1.10 bits per heavy atom. The van der Waals surface area contributed by atoms with Crippen molar-refractivity contribution in [1.82, 2.24) is 20.1 Å². The van der Waals surface area contributed by atoms with Crippen molar-refractivity contribution < 1.29 is 0 Å². The third kappa shape index (κ3) is 2.56. The number of aryl methyl sites for hydroxylation is 2. The van der Waals surface area contributed by atoms with Crippen LogP contribution in [0.4, 0.5) is 0 Å². The third-order valence-corrected chi connectivity index (χ3v) is 3.43. The Bertz CT molecular complexity index is 713. The second kappa shape index (κ2) is 5.43. The van der Waals surface area contributed by atoms with Gasteiger partial charge in [0.25, 0.3) is 0 Å². The van der Waals surface area contributed by atoms with E-state index in [1.807, 2.05) is 37.0 Å². The highest BCUT2D eigenvalue weighted by Crippen LogP contribution is 2.17. The zero-order valence-corrected chi connectivity index (χ0v) is 11.8. The molecular weight excluding hydrogens is 248 g/mol. The van der Waals surface area contributed by atoms with Crippen LogP contribution in [0.1, 0.15) is 17.0 Å². The monoisotopic (exact) mass is 266 g/mol. The molecule has 0 bridgehead atoms. The molecule has 1 N–H and O–H groups in total. The lowest BCUT2D eigenvalue weighted by Crippen LogP contribution is -2.13. The summed E-state index contributed by atoms with van der Waals surface area (Å²) in [6.07, 6.45) is 1.92. The molecule has 0 atom stereocenters. The highest BCUT2D eigenvalue weighted by molar-refractivity contribution is 5.81. The number of aromatic nitrogens is 3. The maximum absolute atomic E-state index is 4.57.